The third-order valence-electron chi connectivity index (χ3n) is 3.86. The number of nitrogens with two attached hydrogens (primary N) is 1. The highest BCUT2D eigenvalue weighted by molar-refractivity contribution is 5.30. The first-order valence-corrected chi connectivity index (χ1v) is 7.25. The zero-order chi connectivity index (χ0) is 15.4. The van der Waals surface area contributed by atoms with Crippen LogP contribution < -0.4 is 5.73 Å². The molecule has 0 spiro atoms. The largest absolute Gasteiger partial charge is 0.326 e. The van der Waals surface area contributed by atoms with Gasteiger partial charge < -0.3 is 5.73 Å². The minimum atomic E-state index is -0.169. The summed E-state index contributed by atoms with van der Waals surface area (Å²) in [5, 5.41) is 0. The standard InChI is InChI=1S/C18H23FN2/c1-13-8-4-6-10-16(13)18(14(2)20)21(3)12-15-9-5-7-11-17(15)19/h4-11,14,18H,12,20H2,1-3H3. The molecule has 0 saturated heterocycles. The summed E-state index contributed by atoms with van der Waals surface area (Å²) in [7, 11) is 1.99. The van der Waals surface area contributed by atoms with Gasteiger partial charge in [-0.05, 0) is 38.1 Å². The van der Waals surface area contributed by atoms with Crippen molar-refractivity contribution in [3.8, 4) is 0 Å². The molecule has 2 aromatic rings. The number of benzene rings is 2. The summed E-state index contributed by atoms with van der Waals surface area (Å²) in [5.74, 6) is -0.169. The van der Waals surface area contributed by atoms with Crippen LogP contribution in [0, 0.1) is 12.7 Å². The van der Waals surface area contributed by atoms with E-state index in [1.165, 1.54) is 17.2 Å². The van der Waals surface area contributed by atoms with E-state index in [0.717, 1.165) is 0 Å². The summed E-state index contributed by atoms with van der Waals surface area (Å²) in [4.78, 5) is 2.12. The quantitative estimate of drug-likeness (QED) is 0.909. The van der Waals surface area contributed by atoms with Crippen molar-refractivity contribution in [2.24, 2.45) is 5.73 Å². The molecule has 2 atom stereocenters. The second-order valence-corrected chi connectivity index (χ2v) is 5.67. The molecule has 0 heterocycles. The van der Waals surface area contributed by atoms with E-state index >= 15 is 0 Å². The predicted molar refractivity (Wildman–Crippen MR) is 85.4 cm³/mol. The fraction of sp³-hybridized carbons (Fsp3) is 0.333. The lowest BCUT2D eigenvalue weighted by Crippen LogP contribution is -2.37. The van der Waals surface area contributed by atoms with Gasteiger partial charge in [-0.25, -0.2) is 4.39 Å². The maximum Gasteiger partial charge on any atom is 0.127 e. The van der Waals surface area contributed by atoms with Gasteiger partial charge in [0, 0.05) is 24.2 Å². The van der Waals surface area contributed by atoms with Crippen molar-refractivity contribution in [1.82, 2.24) is 4.90 Å². The molecular formula is C18H23FN2. The Bertz CT molecular complexity index is 595. The Morgan fingerprint density at radius 1 is 1.10 bits per heavy atom. The van der Waals surface area contributed by atoms with Crippen LogP contribution in [0.2, 0.25) is 0 Å². The van der Waals surface area contributed by atoms with E-state index in [9.17, 15) is 4.39 Å². The molecule has 0 aromatic heterocycles. The molecule has 2 N–H and O–H groups in total. The highest BCUT2D eigenvalue weighted by Crippen LogP contribution is 2.27. The number of likely N-dealkylation sites (N-methyl/N-ethyl adjacent to an activating group) is 1. The summed E-state index contributed by atoms with van der Waals surface area (Å²) in [6.45, 7) is 4.61. The topological polar surface area (TPSA) is 29.3 Å². The van der Waals surface area contributed by atoms with E-state index < -0.39 is 0 Å². The fourth-order valence-corrected chi connectivity index (χ4v) is 2.83. The van der Waals surface area contributed by atoms with Gasteiger partial charge in [-0.2, -0.15) is 0 Å². The zero-order valence-corrected chi connectivity index (χ0v) is 12.9. The summed E-state index contributed by atoms with van der Waals surface area (Å²) in [5.41, 5.74) is 9.30. The fourth-order valence-electron chi connectivity index (χ4n) is 2.83. The molecule has 0 saturated carbocycles. The normalized spacial score (nSPS) is 14.2. The maximum absolute atomic E-state index is 13.8. The number of hydrogen-bond donors (Lipinski definition) is 1. The summed E-state index contributed by atoms with van der Waals surface area (Å²) < 4.78 is 13.8. The van der Waals surface area contributed by atoms with E-state index in [-0.39, 0.29) is 17.9 Å². The van der Waals surface area contributed by atoms with Gasteiger partial charge in [-0.1, -0.05) is 42.5 Å². The molecule has 2 aromatic carbocycles. The van der Waals surface area contributed by atoms with Crippen molar-refractivity contribution in [2.45, 2.75) is 32.5 Å². The molecule has 0 amide bonds. The van der Waals surface area contributed by atoms with E-state index in [1.807, 2.05) is 38.2 Å². The molecule has 0 fully saturated rings. The van der Waals surface area contributed by atoms with E-state index in [0.29, 0.717) is 12.1 Å². The van der Waals surface area contributed by atoms with Crippen LogP contribution in [0.4, 0.5) is 4.39 Å². The van der Waals surface area contributed by atoms with Gasteiger partial charge in [0.1, 0.15) is 5.82 Å². The lowest BCUT2D eigenvalue weighted by Gasteiger charge is -2.32. The van der Waals surface area contributed by atoms with Crippen LogP contribution in [-0.2, 0) is 6.54 Å². The van der Waals surface area contributed by atoms with Crippen molar-refractivity contribution in [3.63, 3.8) is 0 Å². The van der Waals surface area contributed by atoms with Crippen molar-refractivity contribution in [1.29, 1.82) is 0 Å². The smallest absolute Gasteiger partial charge is 0.127 e. The molecule has 0 bridgehead atoms. The SMILES string of the molecule is Cc1ccccc1C(C(C)N)N(C)Cc1ccccc1F. The van der Waals surface area contributed by atoms with Crippen LogP contribution in [0.3, 0.4) is 0 Å². The van der Waals surface area contributed by atoms with E-state index in [4.69, 9.17) is 5.73 Å². The molecule has 0 aliphatic rings. The first-order valence-electron chi connectivity index (χ1n) is 7.25. The van der Waals surface area contributed by atoms with Gasteiger partial charge in [-0.15, -0.1) is 0 Å². The molecule has 2 unspecified atom stereocenters. The summed E-state index contributed by atoms with van der Waals surface area (Å²) in [6, 6.07) is 15.1. The average molecular weight is 286 g/mol. The average Bonchev–Trinajstić information content (AvgIpc) is 2.43. The molecule has 0 radical (unpaired) electrons. The Morgan fingerprint density at radius 2 is 1.71 bits per heavy atom. The Balaban J connectivity index is 2.27. The van der Waals surface area contributed by atoms with Gasteiger partial charge >= 0.3 is 0 Å². The Morgan fingerprint density at radius 3 is 2.33 bits per heavy atom. The van der Waals surface area contributed by atoms with E-state index in [1.54, 1.807) is 6.07 Å². The van der Waals surface area contributed by atoms with Crippen LogP contribution in [0.25, 0.3) is 0 Å². The first-order chi connectivity index (χ1) is 10.0. The molecule has 0 aliphatic carbocycles. The molecular weight excluding hydrogens is 263 g/mol. The summed E-state index contributed by atoms with van der Waals surface area (Å²) >= 11 is 0. The molecule has 0 aliphatic heterocycles. The Hall–Kier alpha value is -1.71. The zero-order valence-electron chi connectivity index (χ0n) is 12.9. The highest BCUT2D eigenvalue weighted by atomic mass is 19.1. The molecule has 21 heavy (non-hydrogen) atoms. The number of rotatable bonds is 5. The van der Waals surface area contributed by atoms with Gasteiger partial charge in [0.25, 0.3) is 0 Å². The van der Waals surface area contributed by atoms with Gasteiger partial charge in [0.15, 0.2) is 0 Å². The van der Waals surface area contributed by atoms with Crippen LogP contribution >= 0.6 is 0 Å². The monoisotopic (exact) mass is 286 g/mol. The Labute approximate surface area is 126 Å². The second-order valence-electron chi connectivity index (χ2n) is 5.67. The highest BCUT2D eigenvalue weighted by Gasteiger charge is 2.23. The van der Waals surface area contributed by atoms with Crippen LogP contribution in [-0.4, -0.2) is 18.0 Å². The lowest BCUT2D eigenvalue weighted by molar-refractivity contribution is 0.208. The number of nitrogens with zero attached hydrogens (tertiary/aromatic N) is 1. The summed E-state index contributed by atoms with van der Waals surface area (Å²) in [6.07, 6.45) is 0. The third-order valence-corrected chi connectivity index (χ3v) is 3.86. The third kappa shape index (κ3) is 3.69. The minimum Gasteiger partial charge on any atom is -0.326 e. The van der Waals surface area contributed by atoms with Crippen molar-refractivity contribution < 1.29 is 4.39 Å². The van der Waals surface area contributed by atoms with Gasteiger partial charge in [0.2, 0.25) is 0 Å². The lowest BCUT2D eigenvalue weighted by atomic mass is 9.95. The molecule has 112 valence electrons. The number of hydrogen-bond acceptors (Lipinski definition) is 2. The molecule has 3 heteroatoms. The second kappa shape index (κ2) is 6.83. The number of aryl methyl sites for hydroxylation is 1. The number of halogens is 1. The van der Waals surface area contributed by atoms with Crippen LogP contribution in [0.1, 0.15) is 29.7 Å². The minimum absolute atomic E-state index is 0.0390. The van der Waals surface area contributed by atoms with Crippen LogP contribution in [0.5, 0.6) is 0 Å². The maximum atomic E-state index is 13.8. The molecule has 2 nitrogen and oxygen atoms in total. The van der Waals surface area contributed by atoms with Crippen molar-refractivity contribution in [3.05, 3.63) is 71.0 Å². The molecule has 2 rings (SSSR count). The van der Waals surface area contributed by atoms with E-state index in [2.05, 4.69) is 24.0 Å². The predicted octanol–water partition coefficient (Wildman–Crippen LogP) is 3.65. The van der Waals surface area contributed by atoms with Gasteiger partial charge in [-0.3, -0.25) is 4.90 Å². The van der Waals surface area contributed by atoms with Crippen molar-refractivity contribution in [2.75, 3.05) is 7.05 Å². The first kappa shape index (κ1) is 15.7. The van der Waals surface area contributed by atoms with Crippen molar-refractivity contribution >= 4 is 0 Å². The Kier molecular flexibility index (Phi) is 5.10. The van der Waals surface area contributed by atoms with Crippen LogP contribution in [0.15, 0.2) is 48.5 Å². The van der Waals surface area contributed by atoms with Gasteiger partial charge in [0.05, 0.1) is 0 Å².